The highest BCUT2D eigenvalue weighted by Gasteiger charge is 2.11. The third-order valence-electron chi connectivity index (χ3n) is 3.21. The quantitative estimate of drug-likeness (QED) is 0.727. The van der Waals surface area contributed by atoms with Crippen molar-refractivity contribution in [1.82, 2.24) is 9.97 Å². The van der Waals surface area contributed by atoms with Crippen LogP contribution in [0.3, 0.4) is 0 Å². The number of nitrogens with one attached hydrogen (secondary N) is 1. The van der Waals surface area contributed by atoms with E-state index < -0.39 is 0 Å². The molecule has 3 aromatic rings. The summed E-state index contributed by atoms with van der Waals surface area (Å²) in [4.78, 5) is 7.73. The van der Waals surface area contributed by atoms with Crippen molar-refractivity contribution < 1.29 is 9.47 Å². The van der Waals surface area contributed by atoms with Crippen LogP contribution in [-0.4, -0.2) is 24.2 Å². The molecule has 0 saturated carbocycles. The van der Waals surface area contributed by atoms with Gasteiger partial charge in [0.15, 0.2) is 0 Å². The molecule has 0 spiro atoms. The molecule has 0 bridgehead atoms. The average molecular weight is 304 g/mol. The largest absolute Gasteiger partial charge is 0.497 e. The number of anilines is 1. The molecule has 0 aliphatic heterocycles. The summed E-state index contributed by atoms with van der Waals surface area (Å²) in [5.41, 5.74) is 8.81. The van der Waals surface area contributed by atoms with Gasteiger partial charge in [0.25, 0.3) is 0 Å². The van der Waals surface area contributed by atoms with E-state index in [2.05, 4.69) is 9.97 Å². The van der Waals surface area contributed by atoms with E-state index in [0.717, 1.165) is 11.1 Å². The number of methoxy groups -OCH3 is 2. The number of benzene rings is 2. The standard InChI is InChI=1S/C15H14ClN3O2/c1-20-10-3-8(4-11(7-10)21-2)15-18-13-6-9(16)5-12(17)14(13)19-15/h3-7H,17H2,1-2H3,(H,18,19). The first-order valence-corrected chi connectivity index (χ1v) is 6.66. The number of rotatable bonds is 3. The van der Waals surface area contributed by atoms with E-state index in [-0.39, 0.29) is 0 Å². The lowest BCUT2D eigenvalue weighted by Gasteiger charge is -2.06. The first-order chi connectivity index (χ1) is 10.1. The maximum absolute atomic E-state index is 6.01. The van der Waals surface area contributed by atoms with Crippen molar-refractivity contribution in [2.24, 2.45) is 0 Å². The van der Waals surface area contributed by atoms with E-state index >= 15 is 0 Å². The van der Waals surface area contributed by atoms with Gasteiger partial charge in [-0.3, -0.25) is 0 Å². The van der Waals surface area contributed by atoms with Crippen LogP contribution in [0.2, 0.25) is 5.02 Å². The van der Waals surface area contributed by atoms with Gasteiger partial charge in [-0.2, -0.15) is 0 Å². The lowest BCUT2D eigenvalue weighted by molar-refractivity contribution is 0.394. The van der Waals surface area contributed by atoms with Gasteiger partial charge in [-0.25, -0.2) is 4.98 Å². The van der Waals surface area contributed by atoms with Gasteiger partial charge in [0.1, 0.15) is 22.8 Å². The minimum atomic E-state index is 0.537. The van der Waals surface area contributed by atoms with Crippen molar-refractivity contribution in [3.8, 4) is 22.9 Å². The van der Waals surface area contributed by atoms with E-state index in [1.54, 1.807) is 32.4 Å². The van der Waals surface area contributed by atoms with Gasteiger partial charge in [0, 0.05) is 16.7 Å². The molecule has 0 fully saturated rings. The molecule has 0 amide bonds. The zero-order chi connectivity index (χ0) is 15.0. The molecule has 3 N–H and O–H groups in total. The van der Waals surface area contributed by atoms with Crippen LogP contribution >= 0.6 is 11.6 Å². The Hall–Kier alpha value is -2.40. The highest BCUT2D eigenvalue weighted by molar-refractivity contribution is 6.31. The van der Waals surface area contributed by atoms with E-state index in [9.17, 15) is 0 Å². The zero-order valence-corrected chi connectivity index (χ0v) is 12.4. The number of halogens is 1. The molecule has 0 aliphatic carbocycles. The predicted octanol–water partition coefficient (Wildman–Crippen LogP) is 3.48. The minimum Gasteiger partial charge on any atom is -0.497 e. The van der Waals surface area contributed by atoms with Crippen LogP contribution in [0.25, 0.3) is 22.4 Å². The number of imidazole rings is 1. The van der Waals surface area contributed by atoms with E-state index in [4.69, 9.17) is 26.8 Å². The van der Waals surface area contributed by atoms with Crippen LogP contribution < -0.4 is 15.2 Å². The monoisotopic (exact) mass is 303 g/mol. The number of hydrogen-bond donors (Lipinski definition) is 2. The summed E-state index contributed by atoms with van der Waals surface area (Å²) < 4.78 is 10.5. The molecular formula is C15H14ClN3O2. The van der Waals surface area contributed by atoms with Crippen molar-refractivity contribution in [2.75, 3.05) is 20.0 Å². The second kappa shape index (κ2) is 5.18. The van der Waals surface area contributed by atoms with Crippen molar-refractivity contribution >= 4 is 28.3 Å². The predicted molar refractivity (Wildman–Crippen MR) is 84.1 cm³/mol. The Kier molecular flexibility index (Phi) is 3.35. The summed E-state index contributed by atoms with van der Waals surface area (Å²) in [5, 5.41) is 0.568. The highest BCUT2D eigenvalue weighted by Crippen LogP contribution is 2.31. The highest BCUT2D eigenvalue weighted by atomic mass is 35.5. The fourth-order valence-electron chi connectivity index (χ4n) is 2.19. The normalized spacial score (nSPS) is 10.8. The van der Waals surface area contributed by atoms with Gasteiger partial charge in [0.05, 0.1) is 25.4 Å². The summed E-state index contributed by atoms with van der Waals surface area (Å²) in [6.07, 6.45) is 0. The summed E-state index contributed by atoms with van der Waals surface area (Å²) in [6, 6.07) is 9.02. The molecule has 108 valence electrons. The second-order valence-corrected chi connectivity index (χ2v) is 5.01. The Morgan fingerprint density at radius 3 is 2.33 bits per heavy atom. The Morgan fingerprint density at radius 2 is 1.71 bits per heavy atom. The summed E-state index contributed by atoms with van der Waals surface area (Å²) >= 11 is 6.01. The molecular weight excluding hydrogens is 290 g/mol. The number of aromatic nitrogens is 2. The van der Waals surface area contributed by atoms with Gasteiger partial charge in [-0.1, -0.05) is 11.6 Å². The van der Waals surface area contributed by atoms with E-state index in [1.807, 2.05) is 12.1 Å². The lowest BCUT2D eigenvalue weighted by atomic mass is 10.2. The van der Waals surface area contributed by atoms with Gasteiger partial charge in [-0.05, 0) is 24.3 Å². The summed E-state index contributed by atoms with van der Waals surface area (Å²) in [5.74, 6) is 2.06. The van der Waals surface area contributed by atoms with Crippen molar-refractivity contribution in [3.63, 3.8) is 0 Å². The molecule has 1 aromatic heterocycles. The van der Waals surface area contributed by atoms with Crippen LogP contribution in [0.15, 0.2) is 30.3 Å². The fourth-order valence-corrected chi connectivity index (χ4v) is 2.42. The molecule has 0 radical (unpaired) electrons. The second-order valence-electron chi connectivity index (χ2n) is 4.58. The van der Waals surface area contributed by atoms with E-state index in [1.165, 1.54) is 0 Å². The van der Waals surface area contributed by atoms with E-state index in [0.29, 0.717) is 33.6 Å². The smallest absolute Gasteiger partial charge is 0.138 e. The maximum Gasteiger partial charge on any atom is 0.138 e. The molecule has 1 heterocycles. The minimum absolute atomic E-state index is 0.537. The Bertz CT molecular complexity index is 792. The lowest BCUT2D eigenvalue weighted by Crippen LogP contribution is -1.89. The topological polar surface area (TPSA) is 73.2 Å². The fraction of sp³-hybridized carbons (Fsp3) is 0.133. The number of nitrogens with zero attached hydrogens (tertiary/aromatic N) is 1. The van der Waals surface area contributed by atoms with Crippen molar-refractivity contribution in [2.45, 2.75) is 0 Å². The van der Waals surface area contributed by atoms with Gasteiger partial charge >= 0.3 is 0 Å². The Balaban J connectivity index is 2.18. The maximum atomic E-state index is 6.01. The van der Waals surface area contributed by atoms with Crippen LogP contribution in [0.1, 0.15) is 0 Å². The van der Waals surface area contributed by atoms with Crippen molar-refractivity contribution in [1.29, 1.82) is 0 Å². The SMILES string of the molecule is COc1cc(OC)cc(-c2nc3c(N)cc(Cl)cc3[nH]2)c1. The average Bonchev–Trinajstić information content (AvgIpc) is 2.91. The first-order valence-electron chi connectivity index (χ1n) is 6.29. The summed E-state index contributed by atoms with van der Waals surface area (Å²) in [6.45, 7) is 0. The first kappa shape index (κ1) is 13.6. The van der Waals surface area contributed by atoms with Gasteiger partial charge in [0.2, 0.25) is 0 Å². The molecule has 0 atom stereocenters. The number of nitrogen functional groups attached to an aromatic ring is 1. The number of nitrogens with two attached hydrogens (primary N) is 1. The Morgan fingerprint density at radius 1 is 1.05 bits per heavy atom. The number of H-pyrrole nitrogens is 1. The molecule has 21 heavy (non-hydrogen) atoms. The van der Waals surface area contributed by atoms with Crippen LogP contribution in [-0.2, 0) is 0 Å². The molecule has 0 saturated heterocycles. The van der Waals surface area contributed by atoms with Crippen LogP contribution in [0.5, 0.6) is 11.5 Å². The third-order valence-corrected chi connectivity index (χ3v) is 3.42. The van der Waals surface area contributed by atoms with Crippen LogP contribution in [0, 0.1) is 0 Å². The molecule has 2 aromatic carbocycles. The number of ether oxygens (including phenoxy) is 2. The number of hydrogen-bond acceptors (Lipinski definition) is 4. The molecule has 3 rings (SSSR count). The van der Waals surface area contributed by atoms with Gasteiger partial charge < -0.3 is 20.2 Å². The number of fused-ring (bicyclic) bond motifs is 1. The molecule has 5 nitrogen and oxygen atoms in total. The molecule has 0 unspecified atom stereocenters. The zero-order valence-electron chi connectivity index (χ0n) is 11.6. The third kappa shape index (κ3) is 2.48. The summed E-state index contributed by atoms with van der Waals surface area (Å²) in [7, 11) is 3.21. The Labute approximate surface area is 126 Å². The number of aromatic amines is 1. The van der Waals surface area contributed by atoms with Gasteiger partial charge in [-0.15, -0.1) is 0 Å². The van der Waals surface area contributed by atoms with Crippen molar-refractivity contribution in [3.05, 3.63) is 35.4 Å². The van der Waals surface area contributed by atoms with Crippen LogP contribution in [0.4, 0.5) is 5.69 Å². The molecule has 0 aliphatic rings. The molecule has 6 heteroatoms.